The van der Waals surface area contributed by atoms with E-state index in [4.69, 9.17) is 17.0 Å². The van der Waals surface area contributed by atoms with E-state index in [1.807, 2.05) is 36.5 Å². The molecule has 0 aliphatic carbocycles. The molecule has 0 amide bonds. The number of hydrogen-bond acceptors (Lipinski definition) is 4. The van der Waals surface area contributed by atoms with Crippen LogP contribution in [-0.2, 0) is 6.54 Å². The number of nitro groups is 1. The molecule has 1 aliphatic rings. The van der Waals surface area contributed by atoms with E-state index in [1.165, 1.54) is 12.1 Å². The molecule has 1 aliphatic heterocycles. The topological polar surface area (TPSA) is 72.6 Å². The summed E-state index contributed by atoms with van der Waals surface area (Å²) in [5, 5.41) is 14.9. The van der Waals surface area contributed by atoms with Gasteiger partial charge in [-0.25, -0.2) is 0 Å². The average molecular weight is 408 g/mol. The van der Waals surface area contributed by atoms with Crippen LogP contribution in [0.25, 0.3) is 0 Å². The number of nitrogens with zero attached hydrogens (tertiary/aromatic N) is 3. The summed E-state index contributed by atoms with van der Waals surface area (Å²) in [6.45, 7) is 1.53. The van der Waals surface area contributed by atoms with E-state index in [9.17, 15) is 10.1 Å². The molecule has 2 aromatic carbocycles. The molecule has 8 heteroatoms. The van der Waals surface area contributed by atoms with Gasteiger partial charge in [-0.15, -0.1) is 0 Å². The van der Waals surface area contributed by atoms with Crippen molar-refractivity contribution in [3.05, 3.63) is 88.2 Å². The maximum atomic E-state index is 11.0. The van der Waals surface area contributed by atoms with E-state index in [0.29, 0.717) is 5.11 Å². The minimum absolute atomic E-state index is 0.0728. The Hall–Kier alpha value is -3.39. The molecule has 148 valence electrons. The highest BCUT2D eigenvalue weighted by Gasteiger charge is 2.30. The lowest BCUT2D eigenvalue weighted by Crippen LogP contribution is -2.44. The summed E-state index contributed by atoms with van der Waals surface area (Å²) in [6, 6.07) is 18.2. The van der Waals surface area contributed by atoms with Gasteiger partial charge in [0.15, 0.2) is 5.11 Å². The van der Waals surface area contributed by atoms with Crippen molar-refractivity contribution in [2.45, 2.75) is 12.6 Å². The number of benzene rings is 2. The van der Waals surface area contributed by atoms with Crippen LogP contribution >= 0.6 is 12.2 Å². The van der Waals surface area contributed by atoms with Crippen molar-refractivity contribution in [1.82, 2.24) is 9.47 Å². The van der Waals surface area contributed by atoms with Crippen molar-refractivity contribution in [3.63, 3.8) is 0 Å². The molecule has 1 atom stereocenters. The quantitative estimate of drug-likeness (QED) is 0.396. The van der Waals surface area contributed by atoms with Gasteiger partial charge in [-0.05, 0) is 54.2 Å². The highest BCUT2D eigenvalue weighted by Crippen LogP contribution is 2.34. The van der Waals surface area contributed by atoms with Gasteiger partial charge in [-0.2, -0.15) is 0 Å². The van der Waals surface area contributed by atoms with Gasteiger partial charge >= 0.3 is 0 Å². The van der Waals surface area contributed by atoms with Crippen LogP contribution in [0.1, 0.15) is 17.3 Å². The second kappa shape index (κ2) is 7.92. The molecular formula is C21H20N4O3S. The molecule has 0 fully saturated rings. The summed E-state index contributed by atoms with van der Waals surface area (Å²) >= 11 is 5.74. The first-order valence-electron chi connectivity index (χ1n) is 9.18. The number of aromatic nitrogens is 1. The standard InChI is InChI=1S/C21H20N4O3S/c1-28-18-5-2-4-16(14-18)22-21(29)24-13-12-23-11-3-6-19(23)20(24)15-7-9-17(10-8-15)25(26)27/h2-11,14,20H,12-13H2,1H3,(H,22,29). The summed E-state index contributed by atoms with van der Waals surface area (Å²) in [5.74, 6) is 0.747. The summed E-state index contributed by atoms with van der Waals surface area (Å²) in [5.41, 5.74) is 2.96. The van der Waals surface area contributed by atoms with Crippen molar-refractivity contribution in [2.24, 2.45) is 0 Å². The average Bonchev–Trinajstić information content (AvgIpc) is 3.22. The van der Waals surface area contributed by atoms with Gasteiger partial charge in [0.1, 0.15) is 5.75 Å². The number of hydrogen-bond donors (Lipinski definition) is 1. The number of methoxy groups -OCH3 is 1. The zero-order chi connectivity index (χ0) is 20.4. The molecule has 0 radical (unpaired) electrons. The summed E-state index contributed by atoms with van der Waals surface area (Å²) in [6.07, 6.45) is 2.05. The number of non-ortho nitro benzene ring substituents is 1. The van der Waals surface area contributed by atoms with E-state index in [0.717, 1.165) is 35.8 Å². The molecular weight excluding hydrogens is 388 g/mol. The van der Waals surface area contributed by atoms with Crippen LogP contribution in [0.2, 0.25) is 0 Å². The Balaban J connectivity index is 1.65. The summed E-state index contributed by atoms with van der Waals surface area (Å²) < 4.78 is 7.47. The normalized spacial score (nSPS) is 15.5. The molecule has 0 spiro atoms. The number of rotatable bonds is 4. The largest absolute Gasteiger partial charge is 0.497 e. The third kappa shape index (κ3) is 3.79. The number of nitro benzene ring substituents is 1. The van der Waals surface area contributed by atoms with Crippen molar-refractivity contribution < 1.29 is 9.66 Å². The molecule has 2 heterocycles. The van der Waals surface area contributed by atoms with E-state index in [-0.39, 0.29) is 16.7 Å². The molecule has 1 aromatic heterocycles. The van der Waals surface area contributed by atoms with Gasteiger partial charge in [0.2, 0.25) is 0 Å². The maximum absolute atomic E-state index is 11.0. The fourth-order valence-electron chi connectivity index (χ4n) is 3.63. The highest BCUT2D eigenvalue weighted by atomic mass is 32.1. The van der Waals surface area contributed by atoms with Gasteiger partial charge in [-0.1, -0.05) is 6.07 Å². The Morgan fingerprint density at radius 2 is 1.97 bits per heavy atom. The van der Waals surface area contributed by atoms with Crippen molar-refractivity contribution in [1.29, 1.82) is 0 Å². The van der Waals surface area contributed by atoms with Crippen LogP contribution < -0.4 is 10.1 Å². The SMILES string of the molecule is COc1cccc(NC(=S)N2CCn3cccc3C2c2ccc([N+](=O)[O-])cc2)c1. The lowest BCUT2D eigenvalue weighted by atomic mass is 10.00. The zero-order valence-electron chi connectivity index (χ0n) is 15.8. The molecule has 0 saturated heterocycles. The fourth-order valence-corrected chi connectivity index (χ4v) is 3.94. The number of thiocarbonyl (C=S) groups is 1. The van der Waals surface area contributed by atoms with Crippen LogP contribution in [0.5, 0.6) is 5.75 Å². The van der Waals surface area contributed by atoms with Crippen LogP contribution in [0, 0.1) is 10.1 Å². The molecule has 29 heavy (non-hydrogen) atoms. The van der Waals surface area contributed by atoms with Gasteiger partial charge < -0.3 is 19.5 Å². The molecule has 7 nitrogen and oxygen atoms in total. The van der Waals surface area contributed by atoms with Crippen molar-refractivity contribution >= 4 is 28.7 Å². The smallest absolute Gasteiger partial charge is 0.269 e. The molecule has 0 saturated carbocycles. The second-order valence-corrected chi connectivity index (χ2v) is 7.12. The lowest BCUT2D eigenvalue weighted by Gasteiger charge is -2.39. The Kier molecular flexibility index (Phi) is 5.18. The van der Waals surface area contributed by atoms with Crippen LogP contribution in [0.4, 0.5) is 11.4 Å². The Bertz CT molecular complexity index is 1050. The number of nitrogens with one attached hydrogen (secondary N) is 1. The Morgan fingerprint density at radius 3 is 2.69 bits per heavy atom. The van der Waals surface area contributed by atoms with Gasteiger partial charge in [0.25, 0.3) is 5.69 Å². The van der Waals surface area contributed by atoms with Crippen molar-refractivity contribution in [2.75, 3.05) is 19.0 Å². The third-order valence-electron chi connectivity index (χ3n) is 5.04. The van der Waals surface area contributed by atoms with E-state index in [2.05, 4.69) is 20.9 Å². The Morgan fingerprint density at radius 1 is 1.17 bits per heavy atom. The van der Waals surface area contributed by atoms with Crippen molar-refractivity contribution in [3.8, 4) is 5.75 Å². The first kappa shape index (κ1) is 18.9. The van der Waals surface area contributed by atoms with Gasteiger partial charge in [0, 0.05) is 48.9 Å². The summed E-state index contributed by atoms with van der Waals surface area (Å²) in [7, 11) is 1.63. The monoisotopic (exact) mass is 408 g/mol. The summed E-state index contributed by atoms with van der Waals surface area (Å²) in [4.78, 5) is 12.8. The predicted molar refractivity (Wildman–Crippen MR) is 115 cm³/mol. The molecule has 1 N–H and O–H groups in total. The van der Waals surface area contributed by atoms with Crippen LogP contribution in [0.3, 0.4) is 0 Å². The van der Waals surface area contributed by atoms with Crippen LogP contribution in [-0.4, -0.2) is 33.2 Å². The second-order valence-electron chi connectivity index (χ2n) is 6.73. The minimum atomic E-state index is -0.389. The molecule has 1 unspecified atom stereocenters. The third-order valence-corrected chi connectivity index (χ3v) is 5.38. The van der Waals surface area contributed by atoms with Gasteiger partial charge in [0.05, 0.1) is 18.1 Å². The molecule has 0 bridgehead atoms. The Labute approximate surface area is 173 Å². The molecule has 3 aromatic rings. The maximum Gasteiger partial charge on any atom is 0.269 e. The number of anilines is 1. The molecule has 4 rings (SSSR count). The first-order chi connectivity index (χ1) is 14.1. The van der Waals surface area contributed by atoms with E-state index >= 15 is 0 Å². The van der Waals surface area contributed by atoms with Crippen LogP contribution in [0.15, 0.2) is 66.9 Å². The zero-order valence-corrected chi connectivity index (χ0v) is 16.6. The van der Waals surface area contributed by atoms with Gasteiger partial charge in [-0.3, -0.25) is 10.1 Å². The predicted octanol–water partition coefficient (Wildman–Crippen LogP) is 4.21. The fraction of sp³-hybridized carbons (Fsp3) is 0.190. The lowest BCUT2D eigenvalue weighted by molar-refractivity contribution is -0.384. The highest BCUT2D eigenvalue weighted by molar-refractivity contribution is 7.80. The number of fused-ring (bicyclic) bond motifs is 1. The minimum Gasteiger partial charge on any atom is -0.497 e. The first-order valence-corrected chi connectivity index (χ1v) is 9.58. The van der Waals surface area contributed by atoms with E-state index < -0.39 is 0 Å². The number of ether oxygens (including phenoxy) is 1. The van der Waals surface area contributed by atoms with E-state index in [1.54, 1.807) is 19.2 Å².